The van der Waals surface area contributed by atoms with Crippen molar-refractivity contribution >= 4 is 6.21 Å². The van der Waals surface area contributed by atoms with Crippen molar-refractivity contribution in [2.24, 2.45) is 10.9 Å². The zero-order valence-electron chi connectivity index (χ0n) is 5.96. The summed E-state index contributed by atoms with van der Waals surface area (Å²) in [5, 5.41) is 0. The van der Waals surface area contributed by atoms with Crippen molar-refractivity contribution < 1.29 is 0 Å². The van der Waals surface area contributed by atoms with Gasteiger partial charge in [0, 0.05) is 17.8 Å². The van der Waals surface area contributed by atoms with E-state index in [2.05, 4.69) is 17.1 Å². The molecule has 0 bridgehead atoms. The van der Waals surface area contributed by atoms with Crippen LogP contribution in [0.1, 0.15) is 19.3 Å². The van der Waals surface area contributed by atoms with Gasteiger partial charge in [0.2, 0.25) is 0 Å². The van der Waals surface area contributed by atoms with E-state index in [4.69, 9.17) is 0 Å². The van der Waals surface area contributed by atoms with Gasteiger partial charge in [-0.2, -0.15) is 0 Å². The van der Waals surface area contributed by atoms with Crippen LogP contribution in [0.5, 0.6) is 0 Å². The predicted octanol–water partition coefficient (Wildman–Crippen LogP) is 2.31. The monoisotopic (exact) mass is 133 g/mol. The highest BCUT2D eigenvalue weighted by Gasteiger charge is 2.14. The van der Waals surface area contributed by atoms with Crippen LogP contribution in [0.15, 0.2) is 28.9 Å². The first kappa shape index (κ1) is 5.90. The largest absolute Gasteiger partial charge is 0.261 e. The molecule has 1 atom stereocenters. The highest BCUT2D eigenvalue weighted by molar-refractivity contribution is 5.74. The van der Waals surface area contributed by atoms with E-state index in [0.717, 1.165) is 0 Å². The first-order valence-corrected chi connectivity index (χ1v) is 3.88. The minimum Gasteiger partial charge on any atom is -0.261 e. The number of nitrogens with zero attached hydrogens (tertiary/aromatic N) is 1. The topological polar surface area (TPSA) is 12.4 Å². The summed E-state index contributed by atoms with van der Waals surface area (Å²) in [6.07, 6.45) is 12.3. The molecule has 1 aliphatic carbocycles. The van der Waals surface area contributed by atoms with E-state index in [1.165, 1.54) is 25.0 Å². The molecule has 0 aromatic heterocycles. The summed E-state index contributed by atoms with van der Waals surface area (Å²) in [6, 6.07) is 0. The van der Waals surface area contributed by atoms with Crippen LogP contribution >= 0.6 is 0 Å². The molecule has 0 amide bonds. The Hall–Kier alpha value is -0.850. The van der Waals surface area contributed by atoms with Crippen molar-refractivity contribution in [3.63, 3.8) is 0 Å². The molecule has 0 saturated heterocycles. The Kier molecular flexibility index (Phi) is 1.42. The number of hydrogen-bond donors (Lipinski definition) is 0. The lowest BCUT2D eigenvalue weighted by Gasteiger charge is -2.19. The summed E-state index contributed by atoms with van der Waals surface area (Å²) in [7, 11) is 0. The van der Waals surface area contributed by atoms with Crippen LogP contribution in [0.3, 0.4) is 0 Å². The van der Waals surface area contributed by atoms with Gasteiger partial charge in [-0.15, -0.1) is 0 Å². The molecule has 0 saturated carbocycles. The average Bonchev–Trinajstić information content (AvgIpc) is 2.05. The van der Waals surface area contributed by atoms with Gasteiger partial charge >= 0.3 is 0 Å². The summed E-state index contributed by atoms with van der Waals surface area (Å²) in [4.78, 5) is 4.30. The number of aliphatic imine (C=N–C) groups is 1. The second-order valence-corrected chi connectivity index (χ2v) is 2.83. The number of dihydropyridines is 1. The van der Waals surface area contributed by atoms with Crippen LogP contribution in [-0.2, 0) is 0 Å². The summed E-state index contributed by atoms with van der Waals surface area (Å²) in [5.74, 6) is 0.638. The molecule has 0 aromatic rings. The lowest BCUT2D eigenvalue weighted by atomic mass is 9.91. The van der Waals surface area contributed by atoms with Gasteiger partial charge in [0.05, 0.1) is 0 Å². The number of fused-ring (bicyclic) bond motifs is 1. The Labute approximate surface area is 61.2 Å². The quantitative estimate of drug-likeness (QED) is 0.481. The zero-order valence-corrected chi connectivity index (χ0v) is 5.96. The lowest BCUT2D eigenvalue weighted by Crippen LogP contribution is -2.06. The fourth-order valence-corrected chi connectivity index (χ4v) is 1.54. The molecule has 1 nitrogen and oxygen atoms in total. The molecule has 1 aliphatic heterocycles. The molecule has 1 heteroatoms. The molecule has 1 unspecified atom stereocenters. The van der Waals surface area contributed by atoms with Crippen LogP contribution in [0.2, 0.25) is 0 Å². The van der Waals surface area contributed by atoms with E-state index in [1.54, 1.807) is 0 Å². The number of rotatable bonds is 0. The van der Waals surface area contributed by atoms with Crippen molar-refractivity contribution in [3.05, 3.63) is 23.9 Å². The van der Waals surface area contributed by atoms with E-state index in [-0.39, 0.29) is 0 Å². The minimum absolute atomic E-state index is 0.638. The van der Waals surface area contributed by atoms with Crippen LogP contribution in [0, 0.1) is 5.92 Å². The lowest BCUT2D eigenvalue weighted by molar-refractivity contribution is 0.591. The van der Waals surface area contributed by atoms with E-state index in [1.807, 2.05) is 12.3 Å². The van der Waals surface area contributed by atoms with Gasteiger partial charge < -0.3 is 0 Å². The minimum atomic E-state index is 0.638. The van der Waals surface area contributed by atoms with Gasteiger partial charge in [-0.1, -0.05) is 12.2 Å². The van der Waals surface area contributed by atoms with Crippen LogP contribution in [-0.4, -0.2) is 6.21 Å². The van der Waals surface area contributed by atoms with E-state index in [0.29, 0.717) is 5.92 Å². The fraction of sp³-hybridized carbons (Fsp3) is 0.444. The van der Waals surface area contributed by atoms with Gasteiger partial charge in [-0.05, 0) is 25.3 Å². The summed E-state index contributed by atoms with van der Waals surface area (Å²) >= 11 is 0. The maximum atomic E-state index is 4.30. The van der Waals surface area contributed by atoms with E-state index < -0.39 is 0 Å². The van der Waals surface area contributed by atoms with Crippen molar-refractivity contribution in [1.82, 2.24) is 0 Å². The molecule has 2 rings (SSSR count). The number of hydrogen-bond acceptors (Lipinski definition) is 1. The first-order valence-electron chi connectivity index (χ1n) is 3.88. The summed E-state index contributed by atoms with van der Waals surface area (Å²) in [6.45, 7) is 0. The number of allylic oxidation sites excluding steroid dienone is 3. The van der Waals surface area contributed by atoms with Crippen LogP contribution in [0.25, 0.3) is 0 Å². The zero-order chi connectivity index (χ0) is 6.81. The Morgan fingerprint density at radius 1 is 1.50 bits per heavy atom. The van der Waals surface area contributed by atoms with Gasteiger partial charge in [0.1, 0.15) is 0 Å². The fourth-order valence-electron chi connectivity index (χ4n) is 1.54. The smallest absolute Gasteiger partial charge is 0.0432 e. The standard InChI is InChI=1S/C9H11N/c1-2-6-9-8(4-1)5-3-7-10-9/h3,5-8H,1-2,4H2. The molecular formula is C9H11N. The van der Waals surface area contributed by atoms with Gasteiger partial charge in [-0.25, -0.2) is 0 Å². The van der Waals surface area contributed by atoms with Crippen molar-refractivity contribution in [2.75, 3.05) is 0 Å². The molecular weight excluding hydrogens is 122 g/mol. The second-order valence-electron chi connectivity index (χ2n) is 2.83. The Bertz CT molecular complexity index is 211. The Morgan fingerprint density at radius 3 is 3.40 bits per heavy atom. The first-order chi connectivity index (χ1) is 4.97. The van der Waals surface area contributed by atoms with Gasteiger partial charge in [0.15, 0.2) is 0 Å². The second kappa shape index (κ2) is 2.41. The van der Waals surface area contributed by atoms with Crippen LogP contribution in [0.4, 0.5) is 0 Å². The Balaban J connectivity index is 2.27. The highest BCUT2D eigenvalue weighted by Crippen LogP contribution is 2.27. The highest BCUT2D eigenvalue weighted by atomic mass is 14.7. The van der Waals surface area contributed by atoms with Gasteiger partial charge in [0.25, 0.3) is 0 Å². The maximum Gasteiger partial charge on any atom is 0.0432 e. The molecule has 0 aromatic carbocycles. The molecule has 0 fully saturated rings. The Morgan fingerprint density at radius 2 is 2.50 bits per heavy atom. The maximum absolute atomic E-state index is 4.30. The molecule has 0 N–H and O–H groups in total. The third-order valence-corrected chi connectivity index (χ3v) is 2.11. The third kappa shape index (κ3) is 0.919. The molecule has 0 radical (unpaired) electrons. The summed E-state index contributed by atoms with van der Waals surface area (Å²) < 4.78 is 0. The molecule has 10 heavy (non-hydrogen) atoms. The van der Waals surface area contributed by atoms with E-state index >= 15 is 0 Å². The average molecular weight is 133 g/mol. The molecule has 52 valence electrons. The van der Waals surface area contributed by atoms with Gasteiger partial charge in [-0.3, -0.25) is 4.99 Å². The van der Waals surface area contributed by atoms with Crippen molar-refractivity contribution in [2.45, 2.75) is 19.3 Å². The molecule has 1 heterocycles. The van der Waals surface area contributed by atoms with Crippen molar-refractivity contribution in [3.8, 4) is 0 Å². The normalized spacial score (nSPS) is 29.6. The molecule has 2 aliphatic rings. The van der Waals surface area contributed by atoms with Crippen molar-refractivity contribution in [1.29, 1.82) is 0 Å². The summed E-state index contributed by atoms with van der Waals surface area (Å²) in [5.41, 5.74) is 1.29. The van der Waals surface area contributed by atoms with Crippen LogP contribution < -0.4 is 0 Å². The van der Waals surface area contributed by atoms with E-state index in [9.17, 15) is 0 Å². The SMILES string of the molecule is C1=CC2CCCC=C2N=C1. The molecule has 0 spiro atoms. The third-order valence-electron chi connectivity index (χ3n) is 2.11. The predicted molar refractivity (Wildman–Crippen MR) is 43.1 cm³/mol.